The van der Waals surface area contributed by atoms with Crippen molar-refractivity contribution in [3.63, 3.8) is 0 Å². The molecule has 0 heterocycles. The monoisotopic (exact) mass is 201 g/mol. The van der Waals surface area contributed by atoms with Gasteiger partial charge in [0.1, 0.15) is 5.75 Å². The van der Waals surface area contributed by atoms with Crippen LogP contribution in [0, 0.1) is 11.6 Å². The fourth-order valence-electron chi connectivity index (χ4n) is 1.18. The van der Waals surface area contributed by atoms with Crippen LogP contribution in [-0.4, -0.2) is 20.7 Å². The number of benzene rings is 1. The molecule has 14 heavy (non-hydrogen) atoms. The summed E-state index contributed by atoms with van der Waals surface area (Å²) in [5.74, 6) is -1.31. The van der Waals surface area contributed by atoms with Crippen molar-refractivity contribution in [3.05, 3.63) is 29.3 Å². The van der Waals surface area contributed by atoms with Crippen molar-refractivity contribution in [1.82, 2.24) is 5.32 Å². The Bertz CT molecular complexity index is 315. The summed E-state index contributed by atoms with van der Waals surface area (Å²) >= 11 is 0. The second-order valence-electron chi connectivity index (χ2n) is 2.94. The first kappa shape index (κ1) is 10.9. The third-order valence-corrected chi connectivity index (χ3v) is 1.96. The van der Waals surface area contributed by atoms with Crippen LogP contribution in [0.15, 0.2) is 12.1 Å². The molecule has 0 amide bonds. The summed E-state index contributed by atoms with van der Waals surface area (Å²) < 4.78 is 31.0. The van der Waals surface area contributed by atoms with Crippen LogP contribution in [0.3, 0.4) is 0 Å². The average molecular weight is 201 g/mol. The van der Waals surface area contributed by atoms with E-state index in [-0.39, 0.29) is 0 Å². The first-order valence-corrected chi connectivity index (χ1v) is 4.35. The summed E-state index contributed by atoms with van der Waals surface area (Å²) in [5, 5.41) is 2.87. The number of ether oxygens (including phenoxy) is 1. The summed E-state index contributed by atoms with van der Waals surface area (Å²) in [6.45, 7) is 0.601. The molecule has 0 fully saturated rings. The fraction of sp³-hybridized carbons (Fsp3) is 0.400. The van der Waals surface area contributed by atoms with Gasteiger partial charge in [-0.1, -0.05) is 0 Å². The summed E-state index contributed by atoms with van der Waals surface area (Å²) in [6.07, 6.45) is 0.441. The number of hydrogen-bond donors (Lipinski definition) is 1. The molecule has 78 valence electrons. The summed E-state index contributed by atoms with van der Waals surface area (Å²) in [5.41, 5.74) is 0.330. The molecular formula is C10H13F2NO. The van der Waals surface area contributed by atoms with Crippen molar-refractivity contribution in [2.45, 2.75) is 6.42 Å². The topological polar surface area (TPSA) is 21.3 Å². The van der Waals surface area contributed by atoms with Crippen LogP contribution in [0.2, 0.25) is 0 Å². The van der Waals surface area contributed by atoms with Crippen molar-refractivity contribution in [1.29, 1.82) is 0 Å². The molecule has 4 heteroatoms. The van der Waals surface area contributed by atoms with Crippen LogP contribution in [0.4, 0.5) is 8.78 Å². The molecule has 0 saturated heterocycles. The van der Waals surface area contributed by atoms with E-state index in [9.17, 15) is 8.78 Å². The van der Waals surface area contributed by atoms with Crippen LogP contribution in [-0.2, 0) is 6.42 Å². The van der Waals surface area contributed by atoms with Gasteiger partial charge in [0.15, 0.2) is 11.6 Å². The van der Waals surface area contributed by atoms with Gasteiger partial charge in [0.25, 0.3) is 0 Å². The van der Waals surface area contributed by atoms with Gasteiger partial charge in [-0.3, -0.25) is 0 Å². The Morgan fingerprint density at radius 1 is 1.36 bits per heavy atom. The van der Waals surface area contributed by atoms with Gasteiger partial charge in [-0.15, -0.1) is 0 Å². The van der Waals surface area contributed by atoms with Gasteiger partial charge >= 0.3 is 0 Å². The molecule has 0 aromatic heterocycles. The van der Waals surface area contributed by atoms with Gasteiger partial charge in [-0.05, 0) is 31.6 Å². The maximum Gasteiger partial charge on any atom is 0.162 e. The molecule has 1 aromatic rings. The quantitative estimate of drug-likeness (QED) is 0.801. The Morgan fingerprint density at radius 2 is 2.07 bits per heavy atom. The molecule has 2 nitrogen and oxygen atoms in total. The zero-order chi connectivity index (χ0) is 10.6. The maximum atomic E-state index is 13.2. The fourth-order valence-corrected chi connectivity index (χ4v) is 1.18. The van der Waals surface area contributed by atoms with Gasteiger partial charge in [-0.25, -0.2) is 8.78 Å². The van der Waals surface area contributed by atoms with Crippen LogP contribution in [0.5, 0.6) is 5.75 Å². The molecule has 0 spiro atoms. The highest BCUT2D eigenvalue weighted by atomic mass is 19.2. The Hall–Kier alpha value is -1.16. The minimum Gasteiger partial charge on any atom is -0.497 e. The molecule has 0 saturated carbocycles. The van der Waals surface area contributed by atoms with Gasteiger partial charge < -0.3 is 10.1 Å². The standard InChI is InChI=1S/C10H13F2NO/c1-13-4-3-7-5-8(14-2)6-9(11)10(7)12/h5-6,13H,3-4H2,1-2H3. The molecular weight excluding hydrogens is 188 g/mol. The minimum atomic E-state index is -0.865. The molecule has 0 radical (unpaired) electrons. The van der Waals surface area contributed by atoms with E-state index < -0.39 is 11.6 Å². The lowest BCUT2D eigenvalue weighted by molar-refractivity contribution is 0.404. The van der Waals surface area contributed by atoms with E-state index in [2.05, 4.69) is 5.32 Å². The minimum absolute atomic E-state index is 0.330. The smallest absolute Gasteiger partial charge is 0.162 e. The van der Waals surface area contributed by atoms with Crippen LogP contribution >= 0.6 is 0 Å². The van der Waals surface area contributed by atoms with Gasteiger partial charge in [-0.2, -0.15) is 0 Å². The first-order chi connectivity index (χ1) is 6.69. The Labute approximate surface area is 81.9 Å². The van der Waals surface area contributed by atoms with Gasteiger partial charge in [0.2, 0.25) is 0 Å². The third kappa shape index (κ3) is 2.42. The highest BCUT2D eigenvalue weighted by Crippen LogP contribution is 2.20. The zero-order valence-corrected chi connectivity index (χ0v) is 8.23. The second-order valence-corrected chi connectivity index (χ2v) is 2.94. The predicted molar refractivity (Wildman–Crippen MR) is 50.5 cm³/mol. The molecule has 0 bridgehead atoms. The van der Waals surface area contributed by atoms with Gasteiger partial charge in [0.05, 0.1) is 7.11 Å². The third-order valence-electron chi connectivity index (χ3n) is 1.96. The highest BCUT2D eigenvalue weighted by Gasteiger charge is 2.10. The molecule has 0 aliphatic carbocycles. The van der Waals surface area contributed by atoms with Crippen molar-refractivity contribution < 1.29 is 13.5 Å². The highest BCUT2D eigenvalue weighted by molar-refractivity contribution is 5.31. The van der Waals surface area contributed by atoms with E-state index in [1.165, 1.54) is 13.2 Å². The molecule has 0 aliphatic rings. The van der Waals surface area contributed by atoms with Crippen molar-refractivity contribution in [3.8, 4) is 5.75 Å². The predicted octanol–water partition coefficient (Wildman–Crippen LogP) is 1.74. The lowest BCUT2D eigenvalue weighted by Crippen LogP contribution is -2.11. The number of halogens is 2. The normalized spacial score (nSPS) is 10.3. The van der Waals surface area contributed by atoms with Crippen molar-refractivity contribution in [2.75, 3.05) is 20.7 Å². The molecule has 1 aromatic carbocycles. The van der Waals surface area contributed by atoms with E-state index >= 15 is 0 Å². The van der Waals surface area contributed by atoms with Gasteiger partial charge in [0, 0.05) is 6.07 Å². The Morgan fingerprint density at radius 3 is 2.64 bits per heavy atom. The average Bonchev–Trinajstić information content (AvgIpc) is 2.20. The number of methoxy groups -OCH3 is 1. The van der Waals surface area contributed by atoms with Crippen molar-refractivity contribution >= 4 is 0 Å². The second kappa shape index (κ2) is 4.91. The molecule has 0 aliphatic heterocycles. The Kier molecular flexibility index (Phi) is 3.83. The van der Waals surface area contributed by atoms with E-state index in [0.29, 0.717) is 24.3 Å². The SMILES string of the molecule is CNCCc1cc(OC)cc(F)c1F. The van der Waals surface area contributed by atoms with Crippen molar-refractivity contribution in [2.24, 2.45) is 0 Å². The van der Waals surface area contributed by atoms with E-state index in [1.807, 2.05) is 0 Å². The van der Waals surface area contributed by atoms with Crippen LogP contribution < -0.4 is 10.1 Å². The van der Waals surface area contributed by atoms with Crippen LogP contribution in [0.1, 0.15) is 5.56 Å². The summed E-state index contributed by atoms with van der Waals surface area (Å²) in [7, 11) is 3.18. The zero-order valence-electron chi connectivity index (χ0n) is 8.23. The van der Waals surface area contributed by atoms with Crippen LogP contribution in [0.25, 0.3) is 0 Å². The first-order valence-electron chi connectivity index (χ1n) is 4.35. The summed E-state index contributed by atoms with van der Waals surface area (Å²) in [6, 6.07) is 2.55. The number of hydrogen-bond acceptors (Lipinski definition) is 2. The molecule has 1 N–H and O–H groups in total. The van der Waals surface area contributed by atoms with E-state index in [0.717, 1.165) is 6.07 Å². The Balaban J connectivity index is 2.95. The molecule has 1 rings (SSSR count). The number of rotatable bonds is 4. The number of likely N-dealkylation sites (N-methyl/N-ethyl adjacent to an activating group) is 1. The lowest BCUT2D eigenvalue weighted by atomic mass is 10.1. The number of nitrogens with one attached hydrogen (secondary N) is 1. The summed E-state index contributed by atoms with van der Waals surface area (Å²) in [4.78, 5) is 0. The van der Waals surface area contributed by atoms with E-state index in [1.54, 1.807) is 7.05 Å². The molecule has 0 unspecified atom stereocenters. The van der Waals surface area contributed by atoms with E-state index in [4.69, 9.17) is 4.74 Å². The lowest BCUT2D eigenvalue weighted by Gasteiger charge is -2.06. The largest absolute Gasteiger partial charge is 0.497 e. The molecule has 0 atom stereocenters. The maximum absolute atomic E-state index is 13.2.